The number of carbonyl (C=O) groups is 1. The van der Waals surface area contributed by atoms with E-state index in [9.17, 15) is 4.79 Å². The number of rotatable bonds is 4. The van der Waals surface area contributed by atoms with Gasteiger partial charge >= 0.3 is 6.09 Å². The lowest BCUT2D eigenvalue weighted by molar-refractivity contribution is 0.115. The third-order valence-corrected chi connectivity index (χ3v) is 4.91. The van der Waals surface area contributed by atoms with Crippen molar-refractivity contribution in [2.45, 2.75) is 51.2 Å². The Bertz CT molecular complexity index is 823. The number of aryl methyl sites for hydroxylation is 1. The second-order valence-electron chi connectivity index (χ2n) is 6.65. The normalized spacial score (nSPS) is 15.7. The average Bonchev–Trinajstić information content (AvgIpc) is 2.68. The van der Waals surface area contributed by atoms with Crippen LogP contribution in [-0.2, 0) is 16.9 Å². The van der Waals surface area contributed by atoms with Gasteiger partial charge in [0.2, 0.25) is 5.82 Å². The number of alkyl carbamates (subject to hydrolysis) is 1. The largest absolute Gasteiger partial charge is 0.445 e. The quantitative estimate of drug-likeness (QED) is 0.907. The maximum atomic E-state index is 12.5. The molecule has 1 aromatic heterocycles. The van der Waals surface area contributed by atoms with Crippen LogP contribution in [0.1, 0.15) is 54.7 Å². The zero-order chi connectivity index (χ0) is 18.4. The lowest BCUT2D eigenvalue weighted by atomic mass is 9.79. The van der Waals surface area contributed by atoms with Crippen LogP contribution in [0.5, 0.6) is 0 Å². The number of benzene rings is 1. The first kappa shape index (κ1) is 17.9. The molecule has 1 aliphatic carbocycles. The van der Waals surface area contributed by atoms with Gasteiger partial charge in [0.15, 0.2) is 0 Å². The first-order valence-electron chi connectivity index (χ1n) is 8.86. The van der Waals surface area contributed by atoms with Crippen molar-refractivity contribution in [3.63, 3.8) is 0 Å². The van der Waals surface area contributed by atoms with Crippen LogP contribution in [-0.4, -0.2) is 16.1 Å². The van der Waals surface area contributed by atoms with Crippen molar-refractivity contribution in [2.75, 3.05) is 0 Å². The van der Waals surface area contributed by atoms with E-state index >= 15 is 0 Å². The van der Waals surface area contributed by atoms with Crippen molar-refractivity contribution in [1.82, 2.24) is 15.3 Å². The van der Waals surface area contributed by atoms with E-state index in [1.54, 1.807) is 12.3 Å². The van der Waals surface area contributed by atoms with Gasteiger partial charge in [-0.3, -0.25) is 0 Å². The monoisotopic (exact) mass is 350 g/mol. The van der Waals surface area contributed by atoms with Gasteiger partial charge in [-0.15, -0.1) is 0 Å². The minimum atomic E-state index is -0.602. The number of nitriles is 1. The molecule has 1 fully saturated rings. The Morgan fingerprint density at radius 2 is 2.04 bits per heavy atom. The summed E-state index contributed by atoms with van der Waals surface area (Å²) in [5, 5.41) is 12.1. The molecule has 1 N–H and O–H groups in total. The third kappa shape index (κ3) is 3.99. The Kier molecular flexibility index (Phi) is 5.47. The Labute approximate surface area is 153 Å². The molecule has 1 saturated carbocycles. The maximum absolute atomic E-state index is 12.5. The van der Waals surface area contributed by atoms with Crippen molar-refractivity contribution >= 4 is 6.09 Å². The summed E-state index contributed by atoms with van der Waals surface area (Å²) in [5.74, 6) is 0.113. The number of amides is 1. The molecule has 26 heavy (non-hydrogen) atoms. The Hall–Kier alpha value is -2.94. The summed E-state index contributed by atoms with van der Waals surface area (Å²) in [6, 6.07) is 11.6. The van der Waals surface area contributed by atoms with Crippen molar-refractivity contribution in [3.05, 3.63) is 59.2 Å². The Balaban J connectivity index is 1.75. The minimum Gasteiger partial charge on any atom is -0.445 e. The van der Waals surface area contributed by atoms with Crippen LogP contribution < -0.4 is 5.32 Å². The fourth-order valence-corrected chi connectivity index (χ4v) is 3.43. The van der Waals surface area contributed by atoms with E-state index < -0.39 is 11.6 Å². The van der Waals surface area contributed by atoms with E-state index in [0.717, 1.165) is 43.2 Å². The molecule has 2 aromatic rings. The van der Waals surface area contributed by atoms with E-state index in [-0.39, 0.29) is 12.4 Å². The van der Waals surface area contributed by atoms with Crippen molar-refractivity contribution in [3.8, 4) is 6.07 Å². The van der Waals surface area contributed by atoms with Gasteiger partial charge < -0.3 is 10.1 Å². The van der Waals surface area contributed by atoms with Gasteiger partial charge in [-0.2, -0.15) is 5.26 Å². The van der Waals surface area contributed by atoms with Crippen LogP contribution in [0.3, 0.4) is 0 Å². The summed E-state index contributed by atoms with van der Waals surface area (Å²) in [5.41, 5.74) is 2.14. The fraction of sp³-hybridized carbons (Fsp3) is 0.400. The predicted octanol–water partition coefficient (Wildman–Crippen LogP) is 3.74. The fourth-order valence-electron chi connectivity index (χ4n) is 3.43. The topological polar surface area (TPSA) is 87.9 Å². The van der Waals surface area contributed by atoms with Gasteiger partial charge in [0, 0.05) is 6.20 Å². The highest BCUT2D eigenvalue weighted by atomic mass is 16.5. The molecular weight excluding hydrogens is 328 g/mol. The molecule has 1 aliphatic rings. The van der Waals surface area contributed by atoms with Gasteiger partial charge in [-0.05, 0) is 37.0 Å². The molecule has 1 heterocycles. The van der Waals surface area contributed by atoms with Gasteiger partial charge in [0.25, 0.3) is 0 Å². The van der Waals surface area contributed by atoms with E-state index in [4.69, 9.17) is 10.00 Å². The van der Waals surface area contributed by atoms with Gasteiger partial charge in [-0.1, -0.05) is 43.5 Å². The first-order chi connectivity index (χ1) is 12.6. The second kappa shape index (κ2) is 7.96. The van der Waals surface area contributed by atoms with Crippen LogP contribution in [0.2, 0.25) is 0 Å². The lowest BCUT2D eigenvalue weighted by Gasteiger charge is -2.37. The molecule has 0 radical (unpaired) electrons. The van der Waals surface area contributed by atoms with Crippen molar-refractivity contribution < 1.29 is 9.53 Å². The number of aromatic nitrogens is 2. The maximum Gasteiger partial charge on any atom is 0.408 e. The van der Waals surface area contributed by atoms with Gasteiger partial charge in [0.1, 0.15) is 12.7 Å². The summed E-state index contributed by atoms with van der Waals surface area (Å²) in [7, 11) is 0. The van der Waals surface area contributed by atoms with Crippen LogP contribution in [0, 0.1) is 18.3 Å². The number of nitrogens with one attached hydrogen (secondary N) is 1. The zero-order valence-corrected chi connectivity index (χ0v) is 14.9. The molecule has 1 aromatic carbocycles. The molecule has 0 bridgehead atoms. The summed E-state index contributed by atoms with van der Waals surface area (Å²) >= 11 is 0. The molecule has 1 amide bonds. The molecule has 0 unspecified atom stereocenters. The van der Waals surface area contributed by atoms with Gasteiger partial charge in [-0.25, -0.2) is 14.8 Å². The van der Waals surface area contributed by atoms with Crippen LogP contribution in [0.15, 0.2) is 36.5 Å². The molecule has 0 atom stereocenters. The molecule has 6 heteroatoms. The molecule has 134 valence electrons. The van der Waals surface area contributed by atoms with Crippen LogP contribution in [0.25, 0.3) is 0 Å². The average molecular weight is 350 g/mol. The Morgan fingerprint density at radius 3 is 2.77 bits per heavy atom. The summed E-state index contributed by atoms with van der Waals surface area (Å²) < 4.78 is 5.46. The minimum absolute atomic E-state index is 0.113. The molecule has 6 nitrogen and oxygen atoms in total. The van der Waals surface area contributed by atoms with Crippen molar-refractivity contribution in [1.29, 1.82) is 5.26 Å². The molecule has 0 spiro atoms. The smallest absolute Gasteiger partial charge is 0.408 e. The molecule has 0 saturated heterocycles. The highest BCUT2D eigenvalue weighted by Gasteiger charge is 2.37. The van der Waals surface area contributed by atoms with E-state index in [0.29, 0.717) is 5.69 Å². The van der Waals surface area contributed by atoms with Crippen LogP contribution in [0.4, 0.5) is 4.79 Å². The SMILES string of the molecule is Cc1ccccc1COC(=O)NC1(c2ccnc(C#N)n2)CCCCC1. The molecule has 0 aliphatic heterocycles. The number of ether oxygens (including phenoxy) is 1. The summed E-state index contributed by atoms with van der Waals surface area (Å²) in [6.07, 6.45) is 5.75. The lowest BCUT2D eigenvalue weighted by Crippen LogP contribution is -2.48. The zero-order valence-electron chi connectivity index (χ0n) is 14.9. The first-order valence-corrected chi connectivity index (χ1v) is 8.86. The van der Waals surface area contributed by atoms with E-state index in [1.165, 1.54) is 0 Å². The highest BCUT2D eigenvalue weighted by molar-refractivity contribution is 5.68. The number of nitrogens with zero attached hydrogens (tertiary/aromatic N) is 3. The Morgan fingerprint density at radius 1 is 1.27 bits per heavy atom. The van der Waals surface area contributed by atoms with Gasteiger partial charge in [0.05, 0.1) is 11.2 Å². The number of carbonyl (C=O) groups excluding carboxylic acids is 1. The summed E-state index contributed by atoms with van der Waals surface area (Å²) in [4.78, 5) is 20.7. The van der Waals surface area contributed by atoms with Crippen LogP contribution >= 0.6 is 0 Å². The van der Waals surface area contributed by atoms with E-state index in [2.05, 4.69) is 15.3 Å². The molecule has 3 rings (SSSR count). The standard InChI is InChI=1S/C20H22N4O2/c1-15-7-3-4-8-16(15)14-26-19(25)24-20(10-5-2-6-11-20)17-9-12-22-18(13-21)23-17/h3-4,7-9,12H,2,5-6,10-11,14H2,1H3,(H,24,25). The van der Waals surface area contributed by atoms with Crippen molar-refractivity contribution in [2.24, 2.45) is 0 Å². The number of hydrogen-bond donors (Lipinski definition) is 1. The number of hydrogen-bond acceptors (Lipinski definition) is 5. The summed E-state index contributed by atoms with van der Waals surface area (Å²) in [6.45, 7) is 2.21. The third-order valence-electron chi connectivity index (χ3n) is 4.91. The highest BCUT2D eigenvalue weighted by Crippen LogP contribution is 2.36. The molecular formula is C20H22N4O2. The predicted molar refractivity (Wildman–Crippen MR) is 96.0 cm³/mol. The second-order valence-corrected chi connectivity index (χ2v) is 6.65. The van der Waals surface area contributed by atoms with E-state index in [1.807, 2.05) is 37.3 Å².